The second-order valence-corrected chi connectivity index (χ2v) is 8.76. The van der Waals surface area contributed by atoms with Crippen molar-refractivity contribution in [2.45, 2.75) is 46.1 Å². The Labute approximate surface area is 200 Å². The molecule has 1 aliphatic heterocycles. The topological polar surface area (TPSA) is 117 Å². The summed E-state index contributed by atoms with van der Waals surface area (Å²) < 4.78 is 1.47. The van der Waals surface area contributed by atoms with Crippen molar-refractivity contribution in [1.29, 1.82) is 5.26 Å². The molecule has 8 heteroatoms. The Kier molecular flexibility index (Phi) is 7.24. The fourth-order valence-electron chi connectivity index (χ4n) is 4.39. The molecule has 3 N–H and O–H groups in total. The Bertz CT molecular complexity index is 1230. The van der Waals surface area contributed by atoms with Crippen LogP contribution in [0.1, 0.15) is 60.0 Å². The highest BCUT2D eigenvalue weighted by molar-refractivity contribution is 5.82. The smallest absolute Gasteiger partial charge is 0.225 e. The molecule has 4 rings (SSSR count). The number of aliphatic hydroxyl groups excluding tert-OH is 1. The van der Waals surface area contributed by atoms with E-state index in [1.807, 2.05) is 32.1 Å². The first kappa shape index (κ1) is 23.5. The molecule has 3 heterocycles. The third-order valence-electron chi connectivity index (χ3n) is 6.04. The first-order valence-electron chi connectivity index (χ1n) is 11.7. The van der Waals surface area contributed by atoms with Crippen molar-refractivity contribution in [3.63, 3.8) is 0 Å². The molecule has 0 aliphatic carbocycles. The SMILES string of the molecule is C/C(=C\c1cccc(Cc2cc(C)nc(N3CCCCC3)n2)c1)c1nn(CCO)c(N)c1C#N. The molecule has 0 spiro atoms. The minimum atomic E-state index is -0.0943. The van der Waals surface area contributed by atoms with Gasteiger partial charge in [-0.3, -0.25) is 0 Å². The number of aryl methyl sites for hydroxylation is 1. The van der Waals surface area contributed by atoms with E-state index in [4.69, 9.17) is 10.7 Å². The number of hydrogen-bond acceptors (Lipinski definition) is 7. The number of nitrogens with two attached hydrogens (primary N) is 1. The van der Waals surface area contributed by atoms with Crippen molar-refractivity contribution < 1.29 is 5.11 Å². The number of nitrogen functional groups attached to an aromatic ring is 1. The summed E-state index contributed by atoms with van der Waals surface area (Å²) >= 11 is 0. The third-order valence-corrected chi connectivity index (χ3v) is 6.04. The maximum atomic E-state index is 9.55. The van der Waals surface area contributed by atoms with Crippen molar-refractivity contribution in [1.82, 2.24) is 19.7 Å². The number of hydrogen-bond donors (Lipinski definition) is 2. The van der Waals surface area contributed by atoms with E-state index < -0.39 is 0 Å². The minimum Gasteiger partial charge on any atom is -0.394 e. The van der Waals surface area contributed by atoms with Gasteiger partial charge in [0.15, 0.2) is 0 Å². The third kappa shape index (κ3) is 5.26. The van der Waals surface area contributed by atoms with Crippen LogP contribution < -0.4 is 10.6 Å². The molecule has 3 aromatic rings. The molecule has 8 nitrogen and oxygen atoms in total. The highest BCUT2D eigenvalue weighted by Gasteiger charge is 2.17. The summed E-state index contributed by atoms with van der Waals surface area (Å²) in [7, 11) is 0. The lowest BCUT2D eigenvalue weighted by atomic mass is 10.0. The molecule has 1 saturated heterocycles. The number of piperidine rings is 1. The summed E-state index contributed by atoms with van der Waals surface area (Å²) in [5.74, 6) is 1.11. The monoisotopic (exact) mass is 457 g/mol. The second kappa shape index (κ2) is 10.5. The van der Waals surface area contributed by atoms with E-state index in [-0.39, 0.29) is 19.0 Å². The van der Waals surface area contributed by atoms with Crippen LogP contribution in [0, 0.1) is 18.3 Å². The Morgan fingerprint density at radius 3 is 2.74 bits per heavy atom. The van der Waals surface area contributed by atoms with E-state index in [1.54, 1.807) is 0 Å². The van der Waals surface area contributed by atoms with Gasteiger partial charge in [0.25, 0.3) is 0 Å². The zero-order valence-corrected chi connectivity index (χ0v) is 19.8. The van der Waals surface area contributed by atoms with Crippen molar-refractivity contribution in [2.24, 2.45) is 0 Å². The van der Waals surface area contributed by atoms with Gasteiger partial charge in [0.2, 0.25) is 5.95 Å². The molecule has 176 valence electrons. The minimum absolute atomic E-state index is 0.0943. The molecule has 1 fully saturated rings. The largest absolute Gasteiger partial charge is 0.394 e. The number of aromatic nitrogens is 4. The fourth-order valence-corrected chi connectivity index (χ4v) is 4.39. The molecule has 0 radical (unpaired) electrons. The van der Waals surface area contributed by atoms with Crippen molar-refractivity contribution in [3.05, 3.63) is 64.1 Å². The van der Waals surface area contributed by atoms with Crippen LogP contribution in [0.25, 0.3) is 11.6 Å². The van der Waals surface area contributed by atoms with Gasteiger partial charge in [-0.25, -0.2) is 14.6 Å². The quantitative estimate of drug-likeness (QED) is 0.557. The van der Waals surface area contributed by atoms with Gasteiger partial charge in [0.05, 0.1) is 18.8 Å². The lowest BCUT2D eigenvalue weighted by Crippen LogP contribution is -2.31. The number of nitriles is 1. The first-order chi connectivity index (χ1) is 16.5. The Hall–Kier alpha value is -3.70. The number of anilines is 2. The lowest BCUT2D eigenvalue weighted by molar-refractivity contribution is 0.270. The Morgan fingerprint density at radius 2 is 2.00 bits per heavy atom. The van der Waals surface area contributed by atoms with Gasteiger partial charge in [-0.1, -0.05) is 24.3 Å². The van der Waals surface area contributed by atoms with Gasteiger partial charge in [-0.2, -0.15) is 10.4 Å². The van der Waals surface area contributed by atoms with Crippen molar-refractivity contribution in [2.75, 3.05) is 30.3 Å². The summed E-state index contributed by atoms with van der Waals surface area (Å²) in [6.07, 6.45) is 6.38. The molecule has 1 aromatic carbocycles. The summed E-state index contributed by atoms with van der Waals surface area (Å²) in [5.41, 5.74) is 11.9. The van der Waals surface area contributed by atoms with Crippen LogP contribution >= 0.6 is 0 Å². The Morgan fingerprint density at radius 1 is 1.21 bits per heavy atom. The van der Waals surface area contributed by atoms with Crippen LogP contribution in [-0.4, -0.2) is 44.6 Å². The van der Waals surface area contributed by atoms with Crippen LogP contribution in [0.3, 0.4) is 0 Å². The second-order valence-electron chi connectivity index (χ2n) is 8.76. The summed E-state index contributed by atoms with van der Waals surface area (Å²) in [4.78, 5) is 11.8. The van der Waals surface area contributed by atoms with Crippen molar-refractivity contribution in [3.8, 4) is 6.07 Å². The van der Waals surface area contributed by atoms with Crippen LogP contribution in [0.2, 0.25) is 0 Å². The highest BCUT2D eigenvalue weighted by Crippen LogP contribution is 2.25. The van der Waals surface area contributed by atoms with Gasteiger partial charge in [0.1, 0.15) is 23.1 Å². The van der Waals surface area contributed by atoms with Crippen LogP contribution in [0.15, 0.2) is 30.3 Å². The molecular formula is C26H31N7O. The van der Waals surface area contributed by atoms with Gasteiger partial charge in [0, 0.05) is 25.2 Å². The molecule has 34 heavy (non-hydrogen) atoms. The molecule has 0 unspecified atom stereocenters. The zero-order chi connectivity index (χ0) is 24.1. The first-order valence-corrected chi connectivity index (χ1v) is 11.7. The summed E-state index contributed by atoms with van der Waals surface area (Å²) in [5, 5.41) is 23.2. The Balaban J connectivity index is 1.57. The van der Waals surface area contributed by atoms with Gasteiger partial charge < -0.3 is 15.7 Å². The molecule has 0 bridgehead atoms. The van der Waals surface area contributed by atoms with Gasteiger partial charge in [-0.15, -0.1) is 0 Å². The van der Waals surface area contributed by atoms with Gasteiger partial charge in [-0.05, 0) is 62.0 Å². The van der Waals surface area contributed by atoms with Crippen molar-refractivity contribution >= 4 is 23.4 Å². The summed E-state index contributed by atoms with van der Waals surface area (Å²) in [6.45, 7) is 6.13. The molecule has 2 aromatic heterocycles. The normalized spacial score (nSPS) is 14.3. The molecular weight excluding hydrogens is 426 g/mol. The highest BCUT2D eigenvalue weighted by atomic mass is 16.3. The number of rotatable bonds is 7. The number of allylic oxidation sites excluding steroid dienone is 1. The number of aliphatic hydroxyl groups is 1. The van der Waals surface area contributed by atoms with E-state index in [2.05, 4.69) is 39.3 Å². The fraction of sp³-hybridized carbons (Fsp3) is 0.385. The van der Waals surface area contributed by atoms with Crippen LogP contribution in [0.4, 0.5) is 11.8 Å². The lowest BCUT2D eigenvalue weighted by Gasteiger charge is -2.27. The standard InChI is InChI=1S/C26H31N7O/c1-18(24-23(17-27)25(28)33(31-24)11-12-34)13-20-7-6-8-21(15-20)16-22-14-19(2)29-26(30-22)32-9-4-3-5-10-32/h6-8,13-15,34H,3-5,9-12,16,28H2,1-2H3/b18-13+. The van der Waals surface area contributed by atoms with E-state index in [9.17, 15) is 10.4 Å². The maximum Gasteiger partial charge on any atom is 0.225 e. The van der Waals surface area contributed by atoms with Gasteiger partial charge >= 0.3 is 0 Å². The average Bonchev–Trinajstić information content (AvgIpc) is 3.15. The molecule has 0 atom stereocenters. The summed E-state index contributed by atoms with van der Waals surface area (Å²) in [6, 6.07) is 12.5. The van der Waals surface area contributed by atoms with E-state index in [1.165, 1.54) is 23.9 Å². The maximum absolute atomic E-state index is 9.55. The number of nitrogens with zero attached hydrogens (tertiary/aromatic N) is 6. The predicted molar refractivity (Wildman–Crippen MR) is 134 cm³/mol. The van der Waals surface area contributed by atoms with E-state index in [0.717, 1.165) is 47.1 Å². The molecule has 0 saturated carbocycles. The number of benzene rings is 1. The predicted octanol–water partition coefficient (Wildman–Crippen LogP) is 3.57. The molecule has 0 amide bonds. The average molecular weight is 458 g/mol. The van der Waals surface area contributed by atoms with Crippen LogP contribution in [0.5, 0.6) is 0 Å². The van der Waals surface area contributed by atoms with Crippen LogP contribution in [-0.2, 0) is 13.0 Å². The molecule has 1 aliphatic rings. The zero-order valence-electron chi connectivity index (χ0n) is 19.8. The van der Waals surface area contributed by atoms with E-state index in [0.29, 0.717) is 17.7 Å². The van der Waals surface area contributed by atoms with E-state index >= 15 is 0 Å².